The predicted molar refractivity (Wildman–Crippen MR) is 76.2 cm³/mol. The second-order valence-corrected chi connectivity index (χ2v) is 6.42. The Morgan fingerprint density at radius 1 is 1.61 bits per heavy atom. The van der Waals surface area contributed by atoms with Gasteiger partial charge in [0, 0.05) is 24.5 Å². The Kier molecular flexibility index (Phi) is 4.11. The van der Waals surface area contributed by atoms with Crippen LogP contribution in [0, 0.1) is 0 Å². The van der Waals surface area contributed by atoms with E-state index in [4.69, 9.17) is 0 Å². The van der Waals surface area contributed by atoms with E-state index in [1.807, 2.05) is 11.8 Å². The minimum Gasteiger partial charge on any atom is -0.372 e. The molecule has 1 aliphatic heterocycles. The van der Waals surface area contributed by atoms with Crippen molar-refractivity contribution < 1.29 is 4.79 Å². The van der Waals surface area contributed by atoms with Crippen molar-refractivity contribution in [2.24, 2.45) is 0 Å². The molecule has 2 heterocycles. The monoisotopic (exact) mass is 265 g/mol. The van der Waals surface area contributed by atoms with Gasteiger partial charge in [-0.05, 0) is 37.7 Å². The van der Waals surface area contributed by atoms with Gasteiger partial charge in [-0.15, -0.1) is 0 Å². The fraction of sp³-hybridized carbons (Fsp3) is 0.538. The molecule has 0 aromatic carbocycles. The molecule has 1 amide bonds. The third-order valence-corrected chi connectivity index (χ3v) is 4.75. The van der Waals surface area contributed by atoms with E-state index in [1.54, 1.807) is 25.4 Å². The molecule has 2 N–H and O–H groups in total. The number of amides is 1. The van der Waals surface area contributed by atoms with E-state index in [0.29, 0.717) is 17.9 Å². The molecule has 0 saturated carbocycles. The van der Waals surface area contributed by atoms with Gasteiger partial charge in [-0.2, -0.15) is 11.8 Å². The first-order chi connectivity index (χ1) is 8.64. The summed E-state index contributed by atoms with van der Waals surface area (Å²) >= 11 is 1.95. The Bertz CT molecular complexity index is 430. The van der Waals surface area contributed by atoms with E-state index in [-0.39, 0.29) is 10.7 Å². The Labute approximate surface area is 112 Å². The van der Waals surface area contributed by atoms with Crippen LogP contribution in [0.4, 0.5) is 5.82 Å². The predicted octanol–water partition coefficient (Wildman–Crippen LogP) is 2.14. The van der Waals surface area contributed by atoms with Crippen molar-refractivity contribution in [3.63, 3.8) is 0 Å². The molecule has 98 valence electrons. The molecule has 18 heavy (non-hydrogen) atoms. The Balaban J connectivity index is 1.99. The summed E-state index contributed by atoms with van der Waals surface area (Å²) in [7, 11) is 1.77. The highest BCUT2D eigenvalue weighted by Crippen LogP contribution is 2.37. The van der Waals surface area contributed by atoms with E-state index in [0.717, 1.165) is 0 Å². The lowest BCUT2D eigenvalue weighted by Crippen LogP contribution is -2.37. The van der Waals surface area contributed by atoms with Crippen molar-refractivity contribution in [2.45, 2.75) is 24.5 Å². The highest BCUT2D eigenvalue weighted by atomic mass is 32.2. The second kappa shape index (κ2) is 5.61. The molecular formula is C13H19N3OS. The van der Waals surface area contributed by atoms with Gasteiger partial charge in [0.2, 0.25) is 0 Å². The number of anilines is 1. The number of hydrogen-bond acceptors (Lipinski definition) is 4. The van der Waals surface area contributed by atoms with Crippen molar-refractivity contribution in [3.8, 4) is 0 Å². The zero-order valence-corrected chi connectivity index (χ0v) is 11.6. The Hall–Kier alpha value is -1.23. The van der Waals surface area contributed by atoms with Gasteiger partial charge in [0.1, 0.15) is 5.82 Å². The van der Waals surface area contributed by atoms with Crippen LogP contribution in [0.1, 0.15) is 30.1 Å². The average Bonchev–Trinajstić information content (AvgIpc) is 2.83. The van der Waals surface area contributed by atoms with E-state index >= 15 is 0 Å². The molecule has 0 bridgehead atoms. The maximum Gasteiger partial charge on any atom is 0.255 e. The number of aromatic nitrogens is 1. The fourth-order valence-corrected chi connectivity index (χ4v) is 3.37. The molecule has 1 saturated heterocycles. The van der Waals surface area contributed by atoms with E-state index in [9.17, 15) is 4.79 Å². The maximum atomic E-state index is 12.1. The summed E-state index contributed by atoms with van der Waals surface area (Å²) in [5, 5.41) is 5.95. The molecule has 0 radical (unpaired) electrons. The first kappa shape index (κ1) is 13.2. The van der Waals surface area contributed by atoms with E-state index in [1.165, 1.54) is 18.6 Å². The summed E-state index contributed by atoms with van der Waals surface area (Å²) in [6, 6.07) is 3.57. The SMILES string of the molecule is CNc1ncccc1C(=O)NCC1(C)CCCS1. The van der Waals surface area contributed by atoms with Crippen molar-refractivity contribution in [3.05, 3.63) is 23.9 Å². The van der Waals surface area contributed by atoms with Crippen LogP contribution < -0.4 is 10.6 Å². The highest BCUT2D eigenvalue weighted by molar-refractivity contribution is 8.00. The molecular weight excluding hydrogens is 246 g/mol. The second-order valence-electron chi connectivity index (χ2n) is 4.73. The molecule has 2 rings (SSSR count). The minimum absolute atomic E-state index is 0.0545. The highest BCUT2D eigenvalue weighted by Gasteiger charge is 2.30. The average molecular weight is 265 g/mol. The molecule has 0 spiro atoms. The lowest BCUT2D eigenvalue weighted by atomic mass is 10.1. The molecule has 1 aromatic heterocycles. The van der Waals surface area contributed by atoms with Crippen LogP contribution in [0.15, 0.2) is 18.3 Å². The third kappa shape index (κ3) is 2.96. The number of pyridine rings is 1. The number of thioether (sulfide) groups is 1. The van der Waals surface area contributed by atoms with Gasteiger partial charge in [-0.3, -0.25) is 4.79 Å². The topological polar surface area (TPSA) is 54.0 Å². The van der Waals surface area contributed by atoms with Crippen LogP contribution >= 0.6 is 11.8 Å². The number of carbonyl (C=O) groups excluding carboxylic acids is 1. The largest absolute Gasteiger partial charge is 0.372 e. The quantitative estimate of drug-likeness (QED) is 0.876. The number of nitrogens with one attached hydrogen (secondary N) is 2. The summed E-state index contributed by atoms with van der Waals surface area (Å²) < 4.78 is 0.192. The van der Waals surface area contributed by atoms with Crippen LogP contribution in [0.25, 0.3) is 0 Å². The van der Waals surface area contributed by atoms with Crippen LogP contribution in [0.2, 0.25) is 0 Å². The molecule has 1 unspecified atom stereocenters. The van der Waals surface area contributed by atoms with Crippen LogP contribution in [0.3, 0.4) is 0 Å². The van der Waals surface area contributed by atoms with Crippen molar-refractivity contribution in [1.29, 1.82) is 0 Å². The Morgan fingerprint density at radius 3 is 3.11 bits per heavy atom. The number of rotatable bonds is 4. The summed E-state index contributed by atoms with van der Waals surface area (Å²) in [6.07, 6.45) is 4.09. The molecule has 1 atom stereocenters. The maximum absolute atomic E-state index is 12.1. The molecule has 1 aromatic rings. The Morgan fingerprint density at radius 2 is 2.44 bits per heavy atom. The summed E-state index contributed by atoms with van der Waals surface area (Å²) in [5.74, 6) is 1.77. The number of nitrogens with zero attached hydrogens (tertiary/aromatic N) is 1. The summed E-state index contributed by atoms with van der Waals surface area (Å²) in [6.45, 7) is 2.93. The number of hydrogen-bond donors (Lipinski definition) is 2. The fourth-order valence-electron chi connectivity index (χ4n) is 2.13. The minimum atomic E-state index is -0.0545. The molecule has 4 nitrogen and oxygen atoms in total. The van der Waals surface area contributed by atoms with Crippen LogP contribution in [-0.4, -0.2) is 35.0 Å². The molecule has 5 heteroatoms. The normalized spacial score (nSPS) is 22.8. The zero-order chi connectivity index (χ0) is 13.0. The number of carbonyl (C=O) groups is 1. The third-order valence-electron chi connectivity index (χ3n) is 3.21. The van der Waals surface area contributed by atoms with Crippen molar-refractivity contribution in [1.82, 2.24) is 10.3 Å². The van der Waals surface area contributed by atoms with E-state index < -0.39 is 0 Å². The van der Waals surface area contributed by atoms with Gasteiger partial charge in [0.15, 0.2) is 0 Å². The van der Waals surface area contributed by atoms with Gasteiger partial charge in [-0.1, -0.05) is 0 Å². The van der Waals surface area contributed by atoms with Gasteiger partial charge >= 0.3 is 0 Å². The molecule has 1 aliphatic rings. The first-order valence-corrected chi connectivity index (χ1v) is 7.18. The summed E-state index contributed by atoms with van der Waals surface area (Å²) in [4.78, 5) is 16.3. The summed E-state index contributed by atoms with van der Waals surface area (Å²) in [5.41, 5.74) is 0.603. The first-order valence-electron chi connectivity index (χ1n) is 6.19. The molecule has 0 aliphatic carbocycles. The van der Waals surface area contributed by atoms with Crippen LogP contribution in [0.5, 0.6) is 0 Å². The van der Waals surface area contributed by atoms with E-state index in [2.05, 4.69) is 22.5 Å². The van der Waals surface area contributed by atoms with Gasteiger partial charge in [-0.25, -0.2) is 4.98 Å². The lowest BCUT2D eigenvalue weighted by molar-refractivity contribution is 0.0950. The van der Waals surface area contributed by atoms with Crippen molar-refractivity contribution >= 4 is 23.5 Å². The zero-order valence-electron chi connectivity index (χ0n) is 10.8. The lowest BCUT2D eigenvalue weighted by Gasteiger charge is -2.23. The smallest absolute Gasteiger partial charge is 0.255 e. The van der Waals surface area contributed by atoms with Gasteiger partial charge < -0.3 is 10.6 Å². The molecule has 1 fully saturated rings. The van der Waals surface area contributed by atoms with Crippen LogP contribution in [-0.2, 0) is 0 Å². The van der Waals surface area contributed by atoms with Gasteiger partial charge in [0.05, 0.1) is 5.56 Å². The van der Waals surface area contributed by atoms with Crippen molar-refractivity contribution in [2.75, 3.05) is 24.7 Å². The standard InChI is InChI=1S/C13H19N3OS/c1-13(6-4-8-18-13)9-16-12(17)10-5-3-7-15-11(10)14-2/h3,5,7H,4,6,8-9H2,1-2H3,(H,14,15)(H,16,17). The van der Waals surface area contributed by atoms with Gasteiger partial charge in [0.25, 0.3) is 5.91 Å².